The normalized spacial score (nSPS) is 10.9. The molecule has 29 heavy (non-hydrogen) atoms. The smallest absolute Gasteiger partial charge is 0.260 e. The molecule has 0 radical (unpaired) electrons. The number of aryl methyl sites for hydroxylation is 3. The van der Waals surface area contributed by atoms with Gasteiger partial charge in [0.2, 0.25) is 0 Å². The molecule has 4 rings (SSSR count). The largest absolute Gasteiger partial charge is 0.488 e. The number of amides is 1. The number of carbonyl (C=O) groups excluding carboxylic acids is 1. The van der Waals surface area contributed by atoms with Crippen molar-refractivity contribution in [1.29, 1.82) is 0 Å². The maximum atomic E-state index is 13.0. The summed E-state index contributed by atoms with van der Waals surface area (Å²) < 4.78 is 11.3. The highest BCUT2D eigenvalue weighted by Crippen LogP contribution is 2.28. The van der Waals surface area contributed by atoms with Gasteiger partial charge in [-0.25, -0.2) is 4.98 Å². The number of carbonyl (C=O) groups is 1. The summed E-state index contributed by atoms with van der Waals surface area (Å²) in [6.45, 7) is 5.93. The lowest BCUT2D eigenvalue weighted by atomic mass is 10.1. The van der Waals surface area contributed by atoms with E-state index in [1.165, 1.54) is 0 Å². The predicted molar refractivity (Wildman–Crippen MR) is 111 cm³/mol. The van der Waals surface area contributed by atoms with Crippen molar-refractivity contribution in [2.75, 3.05) is 5.32 Å². The molecule has 0 aliphatic heterocycles. The van der Waals surface area contributed by atoms with E-state index in [1.807, 2.05) is 69.3 Å². The molecule has 2 aromatic heterocycles. The highest BCUT2D eigenvalue weighted by atomic mass is 16.5. The van der Waals surface area contributed by atoms with Gasteiger partial charge in [-0.3, -0.25) is 4.79 Å². The van der Waals surface area contributed by atoms with Gasteiger partial charge in [0.25, 0.3) is 5.91 Å². The fourth-order valence-electron chi connectivity index (χ4n) is 3.16. The van der Waals surface area contributed by atoms with Crippen LogP contribution in [-0.2, 0) is 6.61 Å². The molecule has 6 nitrogen and oxygen atoms in total. The molecule has 0 saturated carbocycles. The third kappa shape index (κ3) is 3.96. The quantitative estimate of drug-likeness (QED) is 0.523. The van der Waals surface area contributed by atoms with E-state index in [0.29, 0.717) is 22.9 Å². The number of pyridine rings is 1. The first-order valence-corrected chi connectivity index (χ1v) is 9.32. The van der Waals surface area contributed by atoms with Gasteiger partial charge in [0.15, 0.2) is 0 Å². The van der Waals surface area contributed by atoms with Gasteiger partial charge >= 0.3 is 0 Å². The van der Waals surface area contributed by atoms with Gasteiger partial charge in [-0.2, -0.15) is 0 Å². The van der Waals surface area contributed by atoms with Crippen LogP contribution in [0.15, 0.2) is 59.3 Å². The monoisotopic (exact) mass is 387 g/mol. The highest BCUT2D eigenvalue weighted by Gasteiger charge is 2.17. The summed E-state index contributed by atoms with van der Waals surface area (Å²) >= 11 is 0. The number of benzene rings is 2. The number of hydrogen-bond donors (Lipinski definition) is 1. The number of ether oxygens (including phenoxy) is 1. The van der Waals surface area contributed by atoms with Crippen LogP contribution in [0.4, 0.5) is 5.82 Å². The molecular formula is C23H21N3O3. The zero-order chi connectivity index (χ0) is 20.4. The fourth-order valence-corrected chi connectivity index (χ4v) is 3.16. The predicted octanol–water partition coefficient (Wildman–Crippen LogP) is 4.98. The van der Waals surface area contributed by atoms with E-state index in [1.54, 1.807) is 6.20 Å². The van der Waals surface area contributed by atoms with Crippen LogP contribution < -0.4 is 10.1 Å². The topological polar surface area (TPSA) is 77.2 Å². The van der Waals surface area contributed by atoms with Crippen LogP contribution in [-0.4, -0.2) is 16.0 Å². The number of aromatic nitrogens is 2. The Kier molecular flexibility index (Phi) is 4.99. The van der Waals surface area contributed by atoms with E-state index in [9.17, 15) is 4.79 Å². The summed E-state index contributed by atoms with van der Waals surface area (Å²) in [7, 11) is 0. The third-order valence-electron chi connectivity index (χ3n) is 4.80. The Morgan fingerprint density at radius 3 is 2.52 bits per heavy atom. The molecule has 2 heterocycles. The van der Waals surface area contributed by atoms with E-state index in [4.69, 9.17) is 9.26 Å². The Labute approximate surface area is 168 Å². The lowest BCUT2D eigenvalue weighted by molar-refractivity contribution is 0.102. The number of rotatable bonds is 5. The van der Waals surface area contributed by atoms with Crippen LogP contribution in [0.3, 0.4) is 0 Å². The SMILES string of the molecule is Cc1ccnc(NC(=O)c2cc3ccccc3cc2OCc2c(C)noc2C)c1. The average molecular weight is 387 g/mol. The van der Waals surface area contributed by atoms with E-state index in [0.717, 1.165) is 27.6 Å². The molecule has 6 heteroatoms. The van der Waals surface area contributed by atoms with E-state index >= 15 is 0 Å². The number of nitrogens with zero attached hydrogens (tertiary/aromatic N) is 2. The summed E-state index contributed by atoms with van der Waals surface area (Å²) in [6.07, 6.45) is 1.67. The molecule has 1 N–H and O–H groups in total. The van der Waals surface area contributed by atoms with E-state index < -0.39 is 0 Å². The number of hydrogen-bond acceptors (Lipinski definition) is 5. The first kappa shape index (κ1) is 18.7. The molecule has 4 aromatic rings. The molecular weight excluding hydrogens is 366 g/mol. The van der Waals surface area contributed by atoms with Crippen LogP contribution >= 0.6 is 0 Å². The molecule has 0 fully saturated rings. The van der Waals surface area contributed by atoms with E-state index in [-0.39, 0.29) is 12.5 Å². The van der Waals surface area contributed by atoms with Gasteiger partial charge in [-0.15, -0.1) is 0 Å². The Morgan fingerprint density at radius 1 is 1.07 bits per heavy atom. The summed E-state index contributed by atoms with van der Waals surface area (Å²) in [5, 5.41) is 8.77. The molecule has 0 atom stereocenters. The zero-order valence-corrected chi connectivity index (χ0v) is 16.5. The van der Waals surface area contributed by atoms with Crippen molar-refractivity contribution in [3.63, 3.8) is 0 Å². The Morgan fingerprint density at radius 2 is 1.83 bits per heavy atom. The van der Waals surface area contributed by atoms with Gasteiger partial charge in [-0.1, -0.05) is 29.4 Å². The van der Waals surface area contributed by atoms with Gasteiger partial charge in [0.1, 0.15) is 23.9 Å². The van der Waals surface area contributed by atoms with Crippen molar-refractivity contribution >= 4 is 22.5 Å². The molecule has 1 amide bonds. The minimum Gasteiger partial charge on any atom is -0.488 e. The first-order valence-electron chi connectivity index (χ1n) is 9.32. The summed E-state index contributed by atoms with van der Waals surface area (Å²) in [5.41, 5.74) is 3.12. The molecule has 0 bridgehead atoms. The molecule has 0 aliphatic carbocycles. The van der Waals surface area contributed by atoms with Crippen molar-refractivity contribution < 1.29 is 14.1 Å². The Hall–Kier alpha value is -3.67. The summed E-state index contributed by atoms with van der Waals surface area (Å²) in [4.78, 5) is 17.2. The van der Waals surface area contributed by atoms with Gasteiger partial charge in [0, 0.05) is 6.20 Å². The maximum absolute atomic E-state index is 13.0. The number of nitrogens with one attached hydrogen (secondary N) is 1. The standard InChI is InChI=1S/C23H21N3O3/c1-14-8-9-24-22(10-14)25-23(27)19-11-17-6-4-5-7-18(17)12-21(19)28-13-20-15(2)26-29-16(20)3/h4-12H,13H2,1-3H3,(H,24,25,27). The first-order chi connectivity index (χ1) is 14.0. The highest BCUT2D eigenvalue weighted by molar-refractivity contribution is 6.08. The molecule has 0 unspecified atom stereocenters. The van der Waals surface area contributed by atoms with Crippen molar-refractivity contribution in [3.05, 3.63) is 82.9 Å². The summed E-state index contributed by atoms with van der Waals surface area (Å²) in [6, 6.07) is 15.3. The number of anilines is 1. The molecule has 0 spiro atoms. The minimum atomic E-state index is -0.275. The maximum Gasteiger partial charge on any atom is 0.260 e. The van der Waals surface area contributed by atoms with Crippen molar-refractivity contribution in [1.82, 2.24) is 10.1 Å². The second-order valence-corrected chi connectivity index (χ2v) is 6.96. The van der Waals surface area contributed by atoms with Crippen molar-refractivity contribution in [2.45, 2.75) is 27.4 Å². The zero-order valence-electron chi connectivity index (χ0n) is 16.5. The molecule has 0 aliphatic rings. The number of fused-ring (bicyclic) bond motifs is 1. The lowest BCUT2D eigenvalue weighted by Crippen LogP contribution is -2.15. The van der Waals surface area contributed by atoms with E-state index in [2.05, 4.69) is 15.5 Å². The van der Waals surface area contributed by atoms with Crippen molar-refractivity contribution in [3.8, 4) is 5.75 Å². The van der Waals surface area contributed by atoms with Crippen LogP contribution in [0.5, 0.6) is 5.75 Å². The molecule has 0 saturated heterocycles. The Bertz CT molecular complexity index is 1180. The molecule has 2 aromatic carbocycles. The van der Waals surface area contributed by atoms with Crippen LogP contribution in [0.25, 0.3) is 10.8 Å². The van der Waals surface area contributed by atoms with Gasteiger partial charge < -0.3 is 14.6 Å². The summed E-state index contributed by atoms with van der Waals surface area (Å²) in [5.74, 6) is 1.43. The van der Waals surface area contributed by atoms with Gasteiger partial charge in [0.05, 0.1) is 16.8 Å². The second-order valence-electron chi connectivity index (χ2n) is 6.96. The Balaban J connectivity index is 1.68. The average Bonchev–Trinajstić information content (AvgIpc) is 3.03. The van der Waals surface area contributed by atoms with Crippen LogP contribution in [0.2, 0.25) is 0 Å². The van der Waals surface area contributed by atoms with Crippen LogP contribution in [0, 0.1) is 20.8 Å². The second kappa shape index (κ2) is 7.75. The van der Waals surface area contributed by atoms with Crippen molar-refractivity contribution in [2.24, 2.45) is 0 Å². The third-order valence-corrected chi connectivity index (χ3v) is 4.80. The minimum absolute atomic E-state index is 0.266. The molecule has 146 valence electrons. The van der Waals surface area contributed by atoms with Crippen LogP contribution in [0.1, 0.15) is 32.9 Å². The van der Waals surface area contributed by atoms with Gasteiger partial charge in [-0.05, 0) is 61.4 Å². The fraction of sp³-hybridized carbons (Fsp3) is 0.174. The lowest BCUT2D eigenvalue weighted by Gasteiger charge is -2.13.